The van der Waals surface area contributed by atoms with Gasteiger partial charge in [-0.05, 0) is 19.8 Å². The fourth-order valence-corrected chi connectivity index (χ4v) is 4.14. The number of carbonyl (C=O) groups is 2. The van der Waals surface area contributed by atoms with E-state index in [1.165, 1.54) is 4.90 Å². The first-order valence-electron chi connectivity index (χ1n) is 5.84. The summed E-state index contributed by atoms with van der Waals surface area (Å²) < 4.78 is 0.963. The monoisotopic (exact) mass is 350 g/mol. The van der Waals surface area contributed by atoms with Crippen molar-refractivity contribution in [1.29, 1.82) is 0 Å². The predicted molar refractivity (Wildman–Crippen MR) is 68.3 cm³/mol. The first kappa shape index (κ1) is 11.9. The van der Waals surface area contributed by atoms with Crippen LogP contribution in [0.25, 0.3) is 0 Å². The van der Waals surface area contributed by atoms with Crippen LogP contribution >= 0.6 is 22.6 Å². The quantitative estimate of drug-likeness (QED) is 0.394. The molecule has 4 atom stereocenters. The van der Waals surface area contributed by atoms with Crippen molar-refractivity contribution in [3.8, 4) is 0 Å². The third kappa shape index (κ3) is 1.31. The van der Waals surface area contributed by atoms with Crippen LogP contribution in [0.2, 0.25) is 0 Å². The summed E-state index contributed by atoms with van der Waals surface area (Å²) in [5.74, 6) is -0.588. The Labute approximate surface area is 114 Å². The number of amides is 2. The Bertz CT molecular complexity index is 402. The van der Waals surface area contributed by atoms with Gasteiger partial charge in [-0.2, -0.15) is 5.06 Å². The lowest BCUT2D eigenvalue weighted by Gasteiger charge is -2.31. The number of alkyl halides is 1. The zero-order valence-corrected chi connectivity index (χ0v) is 12.0. The Morgan fingerprint density at radius 2 is 2.18 bits per heavy atom. The van der Waals surface area contributed by atoms with Gasteiger partial charge in [-0.25, -0.2) is 0 Å². The third-order valence-corrected chi connectivity index (χ3v) is 5.38. The Morgan fingerprint density at radius 1 is 1.47 bits per heavy atom. The number of hydrogen-bond acceptors (Lipinski definition) is 4. The van der Waals surface area contributed by atoms with Crippen LogP contribution in [0, 0.1) is 5.92 Å². The van der Waals surface area contributed by atoms with Crippen LogP contribution in [0.1, 0.15) is 19.8 Å². The molecule has 3 aliphatic heterocycles. The van der Waals surface area contributed by atoms with E-state index < -0.39 is 6.10 Å². The highest BCUT2D eigenvalue weighted by atomic mass is 127. The summed E-state index contributed by atoms with van der Waals surface area (Å²) in [6.07, 6.45) is 1.38. The maximum absolute atomic E-state index is 12.1. The molecule has 0 aromatic heterocycles. The van der Waals surface area contributed by atoms with E-state index in [9.17, 15) is 9.59 Å². The van der Waals surface area contributed by atoms with Crippen LogP contribution in [-0.4, -0.2) is 50.9 Å². The molecule has 0 unspecified atom stereocenters. The van der Waals surface area contributed by atoms with Crippen molar-refractivity contribution in [2.45, 2.75) is 37.5 Å². The molecule has 3 rings (SSSR count). The summed E-state index contributed by atoms with van der Waals surface area (Å²) in [5.41, 5.74) is -0.294. The van der Waals surface area contributed by atoms with E-state index in [-0.39, 0.29) is 23.3 Å². The smallest absolute Gasteiger partial charge is 0.261 e. The average molecular weight is 350 g/mol. The van der Waals surface area contributed by atoms with Gasteiger partial charge in [0.05, 0.1) is 11.5 Å². The van der Waals surface area contributed by atoms with Gasteiger partial charge in [0, 0.05) is 17.5 Å². The molecule has 5 nitrogen and oxygen atoms in total. The van der Waals surface area contributed by atoms with E-state index in [1.54, 1.807) is 7.05 Å². The van der Waals surface area contributed by atoms with Crippen molar-refractivity contribution in [2.24, 2.45) is 5.92 Å². The summed E-state index contributed by atoms with van der Waals surface area (Å²) in [6.45, 7) is 2.05. The van der Waals surface area contributed by atoms with Gasteiger partial charge in [0.25, 0.3) is 5.91 Å². The molecular weight excluding hydrogens is 335 g/mol. The topological polar surface area (TPSA) is 49.9 Å². The summed E-state index contributed by atoms with van der Waals surface area (Å²) in [6, 6.07) is 0.331. The minimum Gasteiger partial charge on any atom is -0.284 e. The summed E-state index contributed by atoms with van der Waals surface area (Å²) >= 11 is 2.33. The van der Waals surface area contributed by atoms with Crippen LogP contribution in [0.3, 0.4) is 0 Å². The molecule has 0 bridgehead atoms. The Morgan fingerprint density at radius 3 is 2.82 bits per heavy atom. The van der Waals surface area contributed by atoms with Crippen molar-refractivity contribution in [2.75, 3.05) is 11.5 Å². The molecular formula is C11H15IN2O3. The maximum atomic E-state index is 12.1. The SMILES string of the molecule is CN1C(=O)[C@@H]2[C@@H](ON3[C@@H](CI)CC[C@]23C)C1=O. The first-order valence-corrected chi connectivity index (χ1v) is 7.37. The van der Waals surface area contributed by atoms with E-state index in [0.717, 1.165) is 17.3 Å². The minimum absolute atomic E-state index is 0.0842. The fourth-order valence-electron chi connectivity index (χ4n) is 3.34. The molecule has 0 spiro atoms. The Kier molecular flexibility index (Phi) is 2.54. The highest BCUT2D eigenvalue weighted by Gasteiger charge is 2.66. The number of imide groups is 1. The van der Waals surface area contributed by atoms with E-state index in [1.807, 2.05) is 12.0 Å². The molecule has 2 amide bonds. The van der Waals surface area contributed by atoms with Crippen LogP contribution < -0.4 is 0 Å². The summed E-state index contributed by atoms with van der Waals surface area (Å²) in [7, 11) is 1.55. The van der Waals surface area contributed by atoms with Gasteiger partial charge in [-0.3, -0.25) is 19.3 Å². The van der Waals surface area contributed by atoms with Crippen LogP contribution in [0.15, 0.2) is 0 Å². The molecule has 17 heavy (non-hydrogen) atoms. The Balaban J connectivity index is 1.98. The molecule has 3 saturated heterocycles. The normalized spacial score (nSPS) is 45.6. The molecule has 0 aliphatic carbocycles. The number of nitrogens with zero attached hydrogens (tertiary/aromatic N) is 2. The largest absolute Gasteiger partial charge is 0.284 e. The molecule has 94 valence electrons. The molecule has 6 heteroatoms. The van der Waals surface area contributed by atoms with Crippen molar-refractivity contribution in [1.82, 2.24) is 9.96 Å². The second-order valence-corrected chi connectivity index (χ2v) is 6.15. The average Bonchev–Trinajstić information content (AvgIpc) is 2.84. The van der Waals surface area contributed by atoms with Gasteiger partial charge in [-0.1, -0.05) is 22.6 Å². The zero-order chi connectivity index (χ0) is 12.4. The molecule has 0 aromatic carbocycles. The molecule has 3 aliphatic rings. The number of rotatable bonds is 1. The zero-order valence-electron chi connectivity index (χ0n) is 9.85. The molecule has 0 radical (unpaired) electrons. The van der Waals surface area contributed by atoms with Crippen LogP contribution in [0.5, 0.6) is 0 Å². The van der Waals surface area contributed by atoms with Gasteiger partial charge in [-0.15, -0.1) is 0 Å². The van der Waals surface area contributed by atoms with Crippen LogP contribution in [-0.2, 0) is 14.4 Å². The van der Waals surface area contributed by atoms with Crippen LogP contribution in [0.4, 0.5) is 0 Å². The standard InChI is InChI=1S/C11H15IN2O3/c1-11-4-3-6(5-12)14(11)17-8-7(11)9(15)13(2)10(8)16/h6-8H,3-5H2,1-2H3/t6-,7+,8-,11-/m1/s1. The summed E-state index contributed by atoms with van der Waals surface area (Å²) in [4.78, 5) is 31.1. The lowest BCUT2D eigenvalue weighted by atomic mass is 9.82. The third-order valence-electron chi connectivity index (χ3n) is 4.37. The first-order chi connectivity index (χ1) is 8.00. The van der Waals surface area contributed by atoms with Crippen molar-refractivity contribution < 1.29 is 14.4 Å². The number of hydroxylamine groups is 2. The van der Waals surface area contributed by atoms with E-state index in [4.69, 9.17) is 4.84 Å². The van der Waals surface area contributed by atoms with E-state index in [0.29, 0.717) is 6.04 Å². The highest BCUT2D eigenvalue weighted by Crippen LogP contribution is 2.50. The molecule has 3 fully saturated rings. The van der Waals surface area contributed by atoms with Crippen molar-refractivity contribution in [3.05, 3.63) is 0 Å². The fraction of sp³-hybridized carbons (Fsp3) is 0.818. The second kappa shape index (κ2) is 3.64. The number of hydrogen-bond donors (Lipinski definition) is 0. The molecule has 0 N–H and O–H groups in total. The number of halogens is 1. The molecule has 0 aromatic rings. The predicted octanol–water partition coefficient (Wildman–Crippen LogP) is 0.573. The number of likely N-dealkylation sites (tertiary alicyclic amines) is 1. The van der Waals surface area contributed by atoms with Gasteiger partial charge in [0.2, 0.25) is 5.91 Å². The number of likely N-dealkylation sites (N-methyl/N-ethyl adjacent to an activating group) is 1. The molecule has 3 heterocycles. The minimum atomic E-state index is -0.580. The van der Waals surface area contributed by atoms with Gasteiger partial charge < -0.3 is 0 Å². The van der Waals surface area contributed by atoms with Crippen molar-refractivity contribution >= 4 is 34.4 Å². The molecule has 0 saturated carbocycles. The van der Waals surface area contributed by atoms with Crippen molar-refractivity contribution in [3.63, 3.8) is 0 Å². The highest BCUT2D eigenvalue weighted by molar-refractivity contribution is 14.1. The van der Waals surface area contributed by atoms with Gasteiger partial charge in [0.15, 0.2) is 6.10 Å². The van der Waals surface area contributed by atoms with Gasteiger partial charge >= 0.3 is 0 Å². The second-order valence-electron chi connectivity index (χ2n) is 5.27. The Hall–Kier alpha value is -0.210. The summed E-state index contributed by atoms with van der Waals surface area (Å²) in [5, 5.41) is 1.93. The lowest BCUT2D eigenvalue weighted by molar-refractivity contribution is -0.194. The lowest BCUT2D eigenvalue weighted by Crippen LogP contribution is -2.47. The van der Waals surface area contributed by atoms with Gasteiger partial charge in [0.1, 0.15) is 0 Å². The number of fused-ring (bicyclic) bond motifs is 3. The number of carbonyl (C=O) groups excluding carboxylic acids is 2. The van der Waals surface area contributed by atoms with E-state index >= 15 is 0 Å². The van der Waals surface area contributed by atoms with E-state index in [2.05, 4.69) is 22.6 Å². The maximum Gasteiger partial charge on any atom is 0.261 e.